The second-order valence-electron chi connectivity index (χ2n) is 11.2. The van der Waals surface area contributed by atoms with Crippen molar-refractivity contribution in [3.63, 3.8) is 0 Å². The van der Waals surface area contributed by atoms with E-state index in [1.54, 1.807) is 24.3 Å². The third kappa shape index (κ3) is 5.06. The summed E-state index contributed by atoms with van der Waals surface area (Å²) in [5, 5.41) is 3.09. The zero-order valence-electron chi connectivity index (χ0n) is 24.2. The van der Waals surface area contributed by atoms with Crippen LogP contribution in [-0.2, 0) is 6.54 Å². The molecule has 2 unspecified atom stereocenters. The summed E-state index contributed by atoms with van der Waals surface area (Å²) in [6.45, 7) is 3.58. The van der Waals surface area contributed by atoms with Crippen LogP contribution in [-0.4, -0.2) is 68.8 Å². The number of hydrogen-bond donors (Lipinski definition) is 1. The molecule has 0 radical (unpaired) electrons. The van der Waals surface area contributed by atoms with Crippen molar-refractivity contribution >= 4 is 23.2 Å². The molecule has 10 heteroatoms. The lowest BCUT2D eigenvalue weighted by molar-refractivity contribution is 0.0792. The van der Waals surface area contributed by atoms with E-state index >= 15 is 0 Å². The Kier molecular flexibility index (Phi) is 7.53. The summed E-state index contributed by atoms with van der Waals surface area (Å²) in [4.78, 5) is 43.7. The average Bonchev–Trinajstić information content (AvgIpc) is 3.55. The maximum absolute atomic E-state index is 13.7. The van der Waals surface area contributed by atoms with Crippen LogP contribution in [0.2, 0.25) is 0 Å². The fourth-order valence-electron chi connectivity index (χ4n) is 6.65. The Morgan fingerprint density at radius 2 is 1.60 bits per heavy atom. The number of carbonyl (C=O) groups is 2. The minimum absolute atomic E-state index is 0.0360. The first-order valence-electron chi connectivity index (χ1n) is 14.4. The maximum Gasteiger partial charge on any atom is 0.255 e. The van der Waals surface area contributed by atoms with Crippen molar-refractivity contribution in [1.29, 1.82) is 0 Å². The molecule has 3 aliphatic rings. The quantitative estimate of drug-likeness (QED) is 0.457. The fraction of sp³-hybridized carbons (Fsp3) is 0.406. The zero-order valence-corrected chi connectivity index (χ0v) is 24.2. The summed E-state index contributed by atoms with van der Waals surface area (Å²) < 4.78 is 18.2. The van der Waals surface area contributed by atoms with E-state index in [-0.39, 0.29) is 23.3 Å². The van der Waals surface area contributed by atoms with Crippen molar-refractivity contribution in [3.8, 4) is 17.2 Å². The molecule has 2 saturated heterocycles. The second kappa shape index (κ2) is 11.4. The van der Waals surface area contributed by atoms with E-state index in [0.29, 0.717) is 53.1 Å². The number of anilines is 2. The number of aromatic nitrogens is 1. The molecular weight excluding hydrogens is 536 g/mol. The first-order chi connectivity index (χ1) is 20.4. The third-order valence-electron chi connectivity index (χ3n) is 8.63. The highest BCUT2D eigenvalue weighted by Crippen LogP contribution is 2.41. The number of fused-ring (bicyclic) bond motifs is 4. The summed E-state index contributed by atoms with van der Waals surface area (Å²) in [6, 6.07) is 14.3. The molecule has 3 aromatic rings. The molecule has 0 aliphatic carbocycles. The minimum Gasteiger partial charge on any atom is -0.493 e. The molecule has 4 heterocycles. The molecule has 10 nitrogen and oxygen atoms in total. The number of carbonyl (C=O) groups excluding carboxylic acids is 2. The number of rotatable bonds is 7. The van der Waals surface area contributed by atoms with Gasteiger partial charge < -0.3 is 33.9 Å². The van der Waals surface area contributed by atoms with Crippen molar-refractivity contribution < 1.29 is 23.8 Å². The number of nitrogens with zero attached hydrogens (tertiary/aromatic N) is 3. The van der Waals surface area contributed by atoms with Gasteiger partial charge >= 0.3 is 0 Å². The number of nitrogens with one attached hydrogen (secondary N) is 1. The van der Waals surface area contributed by atoms with Gasteiger partial charge in [0.2, 0.25) is 5.75 Å². The molecule has 1 aromatic heterocycles. The Balaban J connectivity index is 1.36. The van der Waals surface area contributed by atoms with Crippen LogP contribution >= 0.6 is 0 Å². The van der Waals surface area contributed by atoms with Gasteiger partial charge in [0.05, 0.1) is 32.7 Å². The molecule has 0 saturated carbocycles. The molecule has 0 spiro atoms. The van der Waals surface area contributed by atoms with Gasteiger partial charge in [-0.15, -0.1) is 0 Å². The number of methoxy groups -OCH3 is 3. The van der Waals surface area contributed by atoms with Crippen molar-refractivity contribution in [1.82, 2.24) is 9.47 Å². The molecule has 6 rings (SSSR count). The van der Waals surface area contributed by atoms with Gasteiger partial charge in [0, 0.05) is 61.5 Å². The first kappa shape index (κ1) is 27.7. The van der Waals surface area contributed by atoms with Crippen LogP contribution in [0.15, 0.2) is 53.3 Å². The molecule has 2 aromatic carbocycles. The number of likely N-dealkylation sites (tertiary alicyclic amines) is 1. The summed E-state index contributed by atoms with van der Waals surface area (Å²) >= 11 is 0. The van der Waals surface area contributed by atoms with E-state index in [2.05, 4.69) is 10.2 Å². The van der Waals surface area contributed by atoms with Crippen LogP contribution < -0.4 is 30.0 Å². The van der Waals surface area contributed by atoms with Crippen LogP contribution in [0.5, 0.6) is 17.2 Å². The molecule has 42 heavy (non-hydrogen) atoms. The smallest absolute Gasteiger partial charge is 0.255 e. The average molecular weight is 573 g/mol. The molecule has 1 N–H and O–H groups in total. The summed E-state index contributed by atoms with van der Waals surface area (Å²) in [5.41, 5.74) is 3.36. The second-order valence-corrected chi connectivity index (χ2v) is 11.2. The van der Waals surface area contributed by atoms with Gasteiger partial charge in [-0.05, 0) is 61.6 Å². The van der Waals surface area contributed by atoms with E-state index < -0.39 is 0 Å². The van der Waals surface area contributed by atoms with Crippen LogP contribution in [0.1, 0.15) is 51.6 Å². The highest BCUT2D eigenvalue weighted by Gasteiger charge is 2.35. The van der Waals surface area contributed by atoms with Crippen LogP contribution in [0, 0.1) is 5.92 Å². The number of ether oxygens (including phenoxy) is 3. The van der Waals surface area contributed by atoms with Crippen molar-refractivity contribution in [2.45, 2.75) is 31.7 Å². The van der Waals surface area contributed by atoms with Gasteiger partial charge in [-0.2, -0.15) is 0 Å². The number of benzene rings is 2. The molecule has 2 fully saturated rings. The molecule has 2 bridgehead atoms. The first-order valence-corrected chi connectivity index (χ1v) is 14.4. The topological polar surface area (TPSA) is 102 Å². The lowest BCUT2D eigenvalue weighted by atomic mass is 9.83. The molecule has 2 amide bonds. The summed E-state index contributed by atoms with van der Waals surface area (Å²) in [5.74, 6) is 1.23. The number of piperidine rings is 1. The van der Waals surface area contributed by atoms with Gasteiger partial charge in [0.1, 0.15) is 0 Å². The maximum atomic E-state index is 13.7. The van der Waals surface area contributed by atoms with E-state index in [0.717, 1.165) is 50.3 Å². The number of amides is 2. The molecule has 2 atom stereocenters. The molecular formula is C32H36N4O6. The van der Waals surface area contributed by atoms with E-state index in [1.807, 2.05) is 33.7 Å². The van der Waals surface area contributed by atoms with Gasteiger partial charge in [0.25, 0.3) is 17.4 Å². The van der Waals surface area contributed by atoms with Crippen molar-refractivity contribution in [2.75, 3.05) is 57.7 Å². The molecule has 3 aliphatic heterocycles. The van der Waals surface area contributed by atoms with Crippen molar-refractivity contribution in [3.05, 3.63) is 75.7 Å². The normalized spacial score (nSPS) is 19.2. The van der Waals surface area contributed by atoms with Gasteiger partial charge in [-0.1, -0.05) is 6.07 Å². The van der Waals surface area contributed by atoms with Gasteiger partial charge in [-0.3, -0.25) is 14.4 Å². The molecule has 220 valence electrons. The van der Waals surface area contributed by atoms with E-state index in [9.17, 15) is 14.4 Å². The number of hydrogen-bond acceptors (Lipinski definition) is 7. The standard InChI is InChI=1S/C32H36N4O6/c1-40-27-15-22(16-28(41-2)30(27)42-3)31(38)33-24-14-21(32(39)34-11-4-5-12-34)9-10-26(24)35-17-20-13-23(19-35)25-7-6-8-29(37)36(25)18-20/h6-10,14-16,20,23H,4-5,11-13,17-19H2,1-3H3,(H,33,38). The SMILES string of the molecule is COc1cc(C(=O)Nc2cc(C(=O)N3CCCC3)ccc2N2CC3CC(C2)c2cccc(=O)n2C3)cc(OC)c1OC. The zero-order chi connectivity index (χ0) is 29.4. The Hall–Kier alpha value is -4.47. The Morgan fingerprint density at radius 3 is 2.29 bits per heavy atom. The highest BCUT2D eigenvalue weighted by molar-refractivity contribution is 6.08. The predicted molar refractivity (Wildman–Crippen MR) is 159 cm³/mol. The Labute approximate surface area is 244 Å². The minimum atomic E-state index is -0.365. The third-order valence-corrected chi connectivity index (χ3v) is 8.63. The largest absolute Gasteiger partial charge is 0.493 e. The monoisotopic (exact) mass is 572 g/mol. The Morgan fingerprint density at radius 1 is 0.857 bits per heavy atom. The Bertz CT molecular complexity index is 1550. The van der Waals surface area contributed by atoms with Gasteiger partial charge in [-0.25, -0.2) is 0 Å². The van der Waals surface area contributed by atoms with E-state index in [4.69, 9.17) is 14.2 Å². The lowest BCUT2D eigenvalue weighted by Gasteiger charge is -2.44. The van der Waals surface area contributed by atoms with Gasteiger partial charge in [0.15, 0.2) is 11.5 Å². The number of pyridine rings is 1. The van der Waals surface area contributed by atoms with Crippen LogP contribution in [0.4, 0.5) is 11.4 Å². The van der Waals surface area contributed by atoms with Crippen molar-refractivity contribution in [2.24, 2.45) is 5.92 Å². The lowest BCUT2D eigenvalue weighted by Crippen LogP contribution is -2.47. The summed E-state index contributed by atoms with van der Waals surface area (Å²) in [7, 11) is 4.52. The van der Waals surface area contributed by atoms with E-state index in [1.165, 1.54) is 21.3 Å². The fourth-order valence-corrected chi connectivity index (χ4v) is 6.65. The summed E-state index contributed by atoms with van der Waals surface area (Å²) in [6.07, 6.45) is 3.00. The van der Waals surface area contributed by atoms with Crippen LogP contribution in [0.3, 0.4) is 0 Å². The highest BCUT2D eigenvalue weighted by atomic mass is 16.5. The van der Waals surface area contributed by atoms with Crippen LogP contribution in [0.25, 0.3) is 0 Å². The predicted octanol–water partition coefficient (Wildman–Crippen LogP) is 3.99.